The Kier molecular flexibility index (Phi) is 7.94. The molecule has 0 aliphatic carbocycles. The van der Waals surface area contributed by atoms with Crippen molar-refractivity contribution in [2.45, 2.75) is 25.9 Å². The summed E-state index contributed by atoms with van der Waals surface area (Å²) < 4.78 is 5.72. The predicted octanol–water partition coefficient (Wildman–Crippen LogP) is 3.87. The fourth-order valence-corrected chi connectivity index (χ4v) is 3.17. The Balaban J connectivity index is 1.26. The maximum atomic E-state index is 5.72. The SMILES string of the molecule is CN=C(NCCCCOCc1ccccc1)NCCc1c[nH]c2ccccc12. The van der Waals surface area contributed by atoms with Crippen molar-refractivity contribution < 1.29 is 4.74 Å². The van der Waals surface area contributed by atoms with Gasteiger partial charge in [0.2, 0.25) is 0 Å². The van der Waals surface area contributed by atoms with Crippen molar-refractivity contribution in [2.75, 3.05) is 26.7 Å². The molecule has 0 unspecified atom stereocenters. The average Bonchev–Trinajstić information content (AvgIpc) is 3.15. The highest BCUT2D eigenvalue weighted by Crippen LogP contribution is 2.17. The van der Waals surface area contributed by atoms with Crippen molar-refractivity contribution in [3.05, 3.63) is 71.9 Å². The van der Waals surface area contributed by atoms with Gasteiger partial charge in [0, 0.05) is 43.8 Å². The number of ether oxygens (including phenoxy) is 1. The van der Waals surface area contributed by atoms with Crippen LogP contribution in [0.1, 0.15) is 24.0 Å². The molecule has 5 heteroatoms. The number of nitrogens with zero attached hydrogens (tertiary/aromatic N) is 1. The van der Waals surface area contributed by atoms with E-state index in [2.05, 4.69) is 63.2 Å². The number of benzene rings is 2. The molecule has 1 aromatic heterocycles. The Morgan fingerprint density at radius 1 is 0.964 bits per heavy atom. The van der Waals surface area contributed by atoms with Crippen molar-refractivity contribution in [1.82, 2.24) is 15.6 Å². The van der Waals surface area contributed by atoms with Crippen LogP contribution in [0.2, 0.25) is 0 Å². The monoisotopic (exact) mass is 378 g/mol. The lowest BCUT2D eigenvalue weighted by Gasteiger charge is -2.11. The van der Waals surface area contributed by atoms with E-state index in [0.717, 1.165) is 44.9 Å². The third-order valence-electron chi connectivity index (χ3n) is 4.70. The Labute approximate surface area is 167 Å². The fourth-order valence-electron chi connectivity index (χ4n) is 3.17. The van der Waals surface area contributed by atoms with E-state index in [9.17, 15) is 0 Å². The van der Waals surface area contributed by atoms with Gasteiger partial charge < -0.3 is 20.4 Å². The number of aromatic amines is 1. The molecule has 0 aliphatic heterocycles. The van der Waals surface area contributed by atoms with E-state index >= 15 is 0 Å². The van der Waals surface area contributed by atoms with Gasteiger partial charge >= 0.3 is 0 Å². The van der Waals surface area contributed by atoms with Crippen molar-refractivity contribution in [3.63, 3.8) is 0 Å². The first-order chi connectivity index (χ1) is 13.9. The number of aliphatic imine (C=N–C) groups is 1. The molecule has 0 atom stereocenters. The highest BCUT2D eigenvalue weighted by atomic mass is 16.5. The zero-order valence-corrected chi connectivity index (χ0v) is 16.6. The number of H-pyrrole nitrogens is 1. The van der Waals surface area contributed by atoms with E-state index in [-0.39, 0.29) is 0 Å². The third-order valence-corrected chi connectivity index (χ3v) is 4.70. The average molecular weight is 379 g/mol. The van der Waals surface area contributed by atoms with Crippen molar-refractivity contribution in [1.29, 1.82) is 0 Å². The summed E-state index contributed by atoms with van der Waals surface area (Å²) in [6, 6.07) is 18.7. The summed E-state index contributed by atoms with van der Waals surface area (Å²) in [6.45, 7) is 3.21. The van der Waals surface area contributed by atoms with Gasteiger partial charge in [-0.15, -0.1) is 0 Å². The first-order valence-corrected chi connectivity index (χ1v) is 9.98. The molecule has 0 bridgehead atoms. The Bertz CT molecular complexity index is 857. The molecule has 1 heterocycles. The van der Waals surface area contributed by atoms with E-state index in [4.69, 9.17) is 4.74 Å². The number of fused-ring (bicyclic) bond motifs is 1. The molecule has 5 nitrogen and oxygen atoms in total. The summed E-state index contributed by atoms with van der Waals surface area (Å²) in [7, 11) is 1.81. The number of nitrogens with one attached hydrogen (secondary N) is 3. The maximum absolute atomic E-state index is 5.72. The van der Waals surface area contributed by atoms with Crippen molar-refractivity contribution in [3.8, 4) is 0 Å². The summed E-state index contributed by atoms with van der Waals surface area (Å²) in [6.07, 6.45) is 5.14. The van der Waals surface area contributed by atoms with Crippen LogP contribution in [-0.2, 0) is 17.8 Å². The number of hydrogen-bond acceptors (Lipinski definition) is 2. The van der Waals surface area contributed by atoms with Gasteiger partial charge in [-0.25, -0.2) is 0 Å². The first-order valence-electron chi connectivity index (χ1n) is 9.98. The quantitative estimate of drug-likeness (QED) is 0.285. The molecule has 0 radical (unpaired) electrons. The van der Waals surface area contributed by atoms with Crippen LogP contribution in [0.4, 0.5) is 0 Å². The second kappa shape index (κ2) is 11.1. The van der Waals surface area contributed by atoms with Gasteiger partial charge in [0.15, 0.2) is 5.96 Å². The number of rotatable bonds is 10. The summed E-state index contributed by atoms with van der Waals surface area (Å²) in [5.41, 5.74) is 3.74. The van der Waals surface area contributed by atoms with Crippen molar-refractivity contribution >= 4 is 16.9 Å². The smallest absolute Gasteiger partial charge is 0.190 e. The van der Waals surface area contributed by atoms with Crippen LogP contribution in [0.25, 0.3) is 10.9 Å². The largest absolute Gasteiger partial charge is 0.377 e. The molecular formula is C23H30N4O. The highest BCUT2D eigenvalue weighted by molar-refractivity contribution is 5.83. The molecule has 148 valence electrons. The van der Waals surface area contributed by atoms with E-state index in [1.807, 2.05) is 25.2 Å². The van der Waals surface area contributed by atoms with Gasteiger partial charge in [0.05, 0.1) is 6.61 Å². The van der Waals surface area contributed by atoms with Crippen LogP contribution in [0.5, 0.6) is 0 Å². The van der Waals surface area contributed by atoms with Crippen LogP contribution in [-0.4, -0.2) is 37.7 Å². The minimum atomic E-state index is 0.686. The third kappa shape index (κ3) is 6.13. The van der Waals surface area contributed by atoms with Gasteiger partial charge in [-0.1, -0.05) is 48.5 Å². The van der Waals surface area contributed by atoms with Crippen LogP contribution < -0.4 is 10.6 Å². The molecule has 28 heavy (non-hydrogen) atoms. The Hall–Kier alpha value is -2.79. The minimum absolute atomic E-state index is 0.686. The minimum Gasteiger partial charge on any atom is -0.377 e. The van der Waals surface area contributed by atoms with Gasteiger partial charge in [-0.3, -0.25) is 4.99 Å². The fraction of sp³-hybridized carbons (Fsp3) is 0.348. The summed E-state index contributed by atoms with van der Waals surface area (Å²) >= 11 is 0. The van der Waals surface area contributed by atoms with Gasteiger partial charge in [-0.2, -0.15) is 0 Å². The molecule has 2 aromatic carbocycles. The standard InChI is InChI=1S/C23H30N4O/c1-24-23(25-14-7-8-16-28-18-19-9-3-2-4-10-19)26-15-13-20-17-27-22-12-6-5-11-21(20)22/h2-6,9-12,17,27H,7-8,13-16,18H2,1H3,(H2,24,25,26). The number of hydrogen-bond donors (Lipinski definition) is 3. The van der Waals surface area contributed by atoms with E-state index < -0.39 is 0 Å². The van der Waals surface area contributed by atoms with Crippen LogP contribution >= 0.6 is 0 Å². The van der Waals surface area contributed by atoms with Crippen LogP contribution in [0.15, 0.2) is 65.8 Å². The van der Waals surface area contributed by atoms with Gasteiger partial charge in [-0.05, 0) is 36.5 Å². The highest BCUT2D eigenvalue weighted by Gasteiger charge is 2.03. The second-order valence-corrected chi connectivity index (χ2v) is 6.78. The normalized spacial score (nSPS) is 11.7. The maximum Gasteiger partial charge on any atom is 0.190 e. The summed E-state index contributed by atoms with van der Waals surface area (Å²) in [4.78, 5) is 7.62. The predicted molar refractivity (Wildman–Crippen MR) is 117 cm³/mol. The molecular weight excluding hydrogens is 348 g/mol. The topological polar surface area (TPSA) is 61.4 Å². The number of para-hydroxylation sites is 1. The lowest BCUT2D eigenvalue weighted by molar-refractivity contribution is 0.117. The Morgan fingerprint density at radius 3 is 2.61 bits per heavy atom. The summed E-state index contributed by atoms with van der Waals surface area (Å²) in [5, 5.41) is 8.05. The molecule has 0 amide bonds. The first kappa shape index (κ1) is 20.0. The van der Waals surface area contributed by atoms with Gasteiger partial charge in [0.1, 0.15) is 0 Å². The summed E-state index contributed by atoms with van der Waals surface area (Å²) in [5.74, 6) is 0.852. The zero-order valence-electron chi connectivity index (χ0n) is 16.6. The molecule has 3 rings (SSSR count). The number of guanidine groups is 1. The Morgan fingerprint density at radius 2 is 1.75 bits per heavy atom. The van der Waals surface area contributed by atoms with Crippen LogP contribution in [0.3, 0.4) is 0 Å². The molecule has 0 saturated heterocycles. The number of aromatic nitrogens is 1. The lowest BCUT2D eigenvalue weighted by atomic mass is 10.1. The van der Waals surface area contributed by atoms with E-state index in [1.54, 1.807) is 0 Å². The molecule has 0 spiro atoms. The molecule has 0 saturated carbocycles. The van der Waals surface area contributed by atoms with Crippen LogP contribution in [0, 0.1) is 0 Å². The molecule has 0 fully saturated rings. The molecule has 3 aromatic rings. The lowest BCUT2D eigenvalue weighted by Crippen LogP contribution is -2.38. The van der Waals surface area contributed by atoms with E-state index in [0.29, 0.717) is 6.61 Å². The zero-order chi connectivity index (χ0) is 19.4. The van der Waals surface area contributed by atoms with E-state index in [1.165, 1.54) is 22.0 Å². The second-order valence-electron chi connectivity index (χ2n) is 6.78. The van der Waals surface area contributed by atoms with Crippen molar-refractivity contribution in [2.24, 2.45) is 4.99 Å². The molecule has 3 N–H and O–H groups in total. The molecule has 0 aliphatic rings. The number of unbranched alkanes of at least 4 members (excludes halogenated alkanes) is 1. The van der Waals surface area contributed by atoms with Gasteiger partial charge in [0.25, 0.3) is 0 Å².